The van der Waals surface area contributed by atoms with Crippen LogP contribution in [0.1, 0.15) is 38.5 Å². The van der Waals surface area contributed by atoms with Gasteiger partial charge in [0.15, 0.2) is 0 Å². The molecule has 1 N–H and O–H groups in total. The smallest absolute Gasteiger partial charge is 0.0622 e. The summed E-state index contributed by atoms with van der Waals surface area (Å²) in [6.45, 7) is 4.17. The van der Waals surface area contributed by atoms with Crippen LogP contribution in [0.4, 0.5) is 0 Å². The van der Waals surface area contributed by atoms with Crippen molar-refractivity contribution >= 4 is 0 Å². The summed E-state index contributed by atoms with van der Waals surface area (Å²) in [6.07, 6.45) is 8.26. The van der Waals surface area contributed by atoms with Crippen molar-refractivity contribution in [3.05, 3.63) is 0 Å². The molecule has 1 aliphatic heterocycles. The molecule has 0 bridgehead atoms. The number of ether oxygens (including phenoxy) is 1. The Hall–Kier alpha value is -0.120. The first-order chi connectivity index (χ1) is 7.86. The minimum atomic E-state index is 0.660. The van der Waals surface area contributed by atoms with Gasteiger partial charge in [-0.05, 0) is 26.3 Å². The third-order valence-corrected chi connectivity index (χ3v) is 4.03. The Balaban J connectivity index is 1.56. The fourth-order valence-electron chi connectivity index (χ4n) is 2.80. The van der Waals surface area contributed by atoms with Crippen LogP contribution in [-0.2, 0) is 4.74 Å². The molecule has 1 saturated carbocycles. The summed E-state index contributed by atoms with van der Waals surface area (Å²) in [5, 5.41) is 3.69. The van der Waals surface area contributed by atoms with Crippen LogP contribution in [0.3, 0.4) is 0 Å². The molecule has 1 saturated heterocycles. The molecule has 1 unspecified atom stereocenters. The molecule has 1 atom stereocenters. The Kier molecular flexibility index (Phi) is 5.07. The molecule has 0 aromatic rings. The third kappa shape index (κ3) is 3.72. The summed E-state index contributed by atoms with van der Waals surface area (Å²) in [7, 11) is 2.22. The first-order valence-corrected chi connectivity index (χ1v) is 6.87. The molecule has 2 aliphatic rings. The highest BCUT2D eigenvalue weighted by molar-refractivity contribution is 4.75. The predicted octanol–water partition coefficient (Wildman–Crippen LogP) is 1.63. The second-order valence-corrected chi connectivity index (χ2v) is 5.29. The molecule has 0 spiro atoms. The molecule has 1 heterocycles. The summed E-state index contributed by atoms with van der Waals surface area (Å²) < 4.78 is 5.41. The Morgan fingerprint density at radius 2 is 2.00 bits per heavy atom. The molecule has 2 fully saturated rings. The Bertz CT molecular complexity index is 186. The van der Waals surface area contributed by atoms with E-state index in [2.05, 4.69) is 17.3 Å². The zero-order valence-electron chi connectivity index (χ0n) is 10.6. The van der Waals surface area contributed by atoms with E-state index in [0.717, 1.165) is 32.3 Å². The summed E-state index contributed by atoms with van der Waals surface area (Å²) >= 11 is 0. The van der Waals surface area contributed by atoms with E-state index in [1.165, 1.54) is 38.5 Å². The van der Waals surface area contributed by atoms with Gasteiger partial charge in [0.2, 0.25) is 0 Å². The fourth-order valence-corrected chi connectivity index (χ4v) is 2.80. The SMILES string of the molecule is CN(CCNC1CCCCC1)C1CCOC1. The summed E-state index contributed by atoms with van der Waals surface area (Å²) in [5.41, 5.74) is 0. The average molecular weight is 226 g/mol. The highest BCUT2D eigenvalue weighted by Crippen LogP contribution is 2.17. The maximum atomic E-state index is 5.41. The van der Waals surface area contributed by atoms with Crippen LogP contribution in [0.15, 0.2) is 0 Å². The molecule has 0 aromatic heterocycles. The molecular formula is C13H26N2O. The molecule has 94 valence electrons. The molecule has 2 rings (SSSR count). The second kappa shape index (κ2) is 6.58. The normalized spacial score (nSPS) is 27.8. The van der Waals surface area contributed by atoms with E-state index in [9.17, 15) is 0 Å². The molecule has 0 aromatic carbocycles. The van der Waals surface area contributed by atoms with Crippen LogP contribution >= 0.6 is 0 Å². The Morgan fingerprint density at radius 1 is 1.19 bits per heavy atom. The number of nitrogens with zero attached hydrogens (tertiary/aromatic N) is 1. The zero-order valence-corrected chi connectivity index (χ0v) is 10.6. The summed E-state index contributed by atoms with van der Waals surface area (Å²) in [6, 6.07) is 1.45. The van der Waals surface area contributed by atoms with Crippen molar-refractivity contribution in [1.82, 2.24) is 10.2 Å². The molecule has 16 heavy (non-hydrogen) atoms. The van der Waals surface area contributed by atoms with Gasteiger partial charge in [-0.15, -0.1) is 0 Å². The van der Waals surface area contributed by atoms with Gasteiger partial charge in [0.1, 0.15) is 0 Å². The fraction of sp³-hybridized carbons (Fsp3) is 1.00. The number of hydrogen-bond donors (Lipinski definition) is 1. The van der Waals surface area contributed by atoms with Crippen molar-refractivity contribution in [2.75, 3.05) is 33.4 Å². The quantitative estimate of drug-likeness (QED) is 0.771. The molecular weight excluding hydrogens is 200 g/mol. The van der Waals surface area contributed by atoms with Gasteiger partial charge in [-0.3, -0.25) is 4.90 Å². The lowest BCUT2D eigenvalue weighted by molar-refractivity contribution is 0.158. The first-order valence-electron chi connectivity index (χ1n) is 6.87. The third-order valence-electron chi connectivity index (χ3n) is 4.03. The van der Waals surface area contributed by atoms with E-state index >= 15 is 0 Å². The predicted molar refractivity (Wildman–Crippen MR) is 66.7 cm³/mol. The van der Waals surface area contributed by atoms with Gasteiger partial charge < -0.3 is 10.1 Å². The maximum absolute atomic E-state index is 5.41. The Labute approximate surface area is 99.5 Å². The van der Waals surface area contributed by atoms with E-state index in [-0.39, 0.29) is 0 Å². The van der Waals surface area contributed by atoms with Crippen molar-refractivity contribution in [2.45, 2.75) is 50.6 Å². The standard InChI is InChI=1S/C13H26N2O/c1-15(13-7-10-16-11-13)9-8-14-12-5-3-2-4-6-12/h12-14H,2-11H2,1H3. The molecule has 3 heteroatoms. The summed E-state index contributed by atoms with van der Waals surface area (Å²) in [4.78, 5) is 2.45. The van der Waals surface area contributed by atoms with E-state index in [4.69, 9.17) is 4.74 Å². The van der Waals surface area contributed by atoms with Crippen molar-refractivity contribution in [3.8, 4) is 0 Å². The van der Waals surface area contributed by atoms with Gasteiger partial charge in [-0.2, -0.15) is 0 Å². The van der Waals surface area contributed by atoms with E-state index in [1.807, 2.05) is 0 Å². The van der Waals surface area contributed by atoms with E-state index in [0.29, 0.717) is 6.04 Å². The van der Waals surface area contributed by atoms with Crippen LogP contribution in [0.25, 0.3) is 0 Å². The second-order valence-electron chi connectivity index (χ2n) is 5.29. The van der Waals surface area contributed by atoms with Crippen molar-refractivity contribution in [1.29, 1.82) is 0 Å². The zero-order chi connectivity index (χ0) is 11.2. The van der Waals surface area contributed by atoms with Crippen LogP contribution in [0.5, 0.6) is 0 Å². The topological polar surface area (TPSA) is 24.5 Å². The lowest BCUT2D eigenvalue weighted by Crippen LogP contribution is -2.40. The molecule has 0 amide bonds. The minimum absolute atomic E-state index is 0.660. The van der Waals surface area contributed by atoms with Gasteiger partial charge in [0.25, 0.3) is 0 Å². The van der Waals surface area contributed by atoms with E-state index < -0.39 is 0 Å². The largest absolute Gasteiger partial charge is 0.380 e. The lowest BCUT2D eigenvalue weighted by atomic mass is 9.95. The number of nitrogens with one attached hydrogen (secondary N) is 1. The van der Waals surface area contributed by atoms with Gasteiger partial charge in [0, 0.05) is 31.8 Å². The monoisotopic (exact) mass is 226 g/mol. The van der Waals surface area contributed by atoms with Crippen molar-refractivity contribution in [2.24, 2.45) is 0 Å². The minimum Gasteiger partial charge on any atom is -0.380 e. The van der Waals surface area contributed by atoms with Gasteiger partial charge >= 0.3 is 0 Å². The number of rotatable bonds is 5. The van der Waals surface area contributed by atoms with Gasteiger partial charge in [0.05, 0.1) is 6.61 Å². The Morgan fingerprint density at radius 3 is 2.69 bits per heavy atom. The first kappa shape index (κ1) is 12.3. The van der Waals surface area contributed by atoms with Crippen LogP contribution in [-0.4, -0.2) is 50.3 Å². The van der Waals surface area contributed by atoms with Crippen LogP contribution < -0.4 is 5.32 Å². The lowest BCUT2D eigenvalue weighted by Gasteiger charge is -2.26. The maximum Gasteiger partial charge on any atom is 0.0622 e. The van der Waals surface area contributed by atoms with Crippen molar-refractivity contribution < 1.29 is 4.74 Å². The molecule has 0 radical (unpaired) electrons. The highest BCUT2D eigenvalue weighted by atomic mass is 16.5. The highest BCUT2D eigenvalue weighted by Gasteiger charge is 2.20. The van der Waals surface area contributed by atoms with Gasteiger partial charge in [-0.25, -0.2) is 0 Å². The van der Waals surface area contributed by atoms with Crippen LogP contribution in [0, 0.1) is 0 Å². The van der Waals surface area contributed by atoms with Crippen LogP contribution in [0.2, 0.25) is 0 Å². The molecule has 3 nitrogen and oxygen atoms in total. The number of likely N-dealkylation sites (N-methyl/N-ethyl adjacent to an activating group) is 1. The van der Waals surface area contributed by atoms with Crippen molar-refractivity contribution in [3.63, 3.8) is 0 Å². The number of hydrogen-bond acceptors (Lipinski definition) is 3. The molecule has 1 aliphatic carbocycles. The average Bonchev–Trinajstić information content (AvgIpc) is 2.84. The summed E-state index contributed by atoms with van der Waals surface area (Å²) in [5.74, 6) is 0. The van der Waals surface area contributed by atoms with E-state index in [1.54, 1.807) is 0 Å². The van der Waals surface area contributed by atoms with Gasteiger partial charge in [-0.1, -0.05) is 19.3 Å².